The maximum atomic E-state index is 12.1. The molecule has 18 heavy (non-hydrogen) atoms. The Labute approximate surface area is 110 Å². The maximum Gasteiger partial charge on any atom is 0.236 e. The normalized spacial score (nSPS) is 16.3. The first-order chi connectivity index (χ1) is 8.77. The van der Waals surface area contributed by atoms with Crippen LogP contribution in [-0.2, 0) is 9.53 Å². The molecule has 0 bridgehead atoms. The lowest BCUT2D eigenvalue weighted by Crippen LogP contribution is -2.44. The minimum Gasteiger partial charge on any atom is -0.383 e. The lowest BCUT2D eigenvalue weighted by atomic mass is 10.1. The molecule has 0 saturated carbocycles. The smallest absolute Gasteiger partial charge is 0.236 e. The molecular formula is C13H27N3O2. The Bertz CT molecular complexity index is 222. The summed E-state index contributed by atoms with van der Waals surface area (Å²) < 4.78 is 5.08. The Morgan fingerprint density at radius 2 is 2.00 bits per heavy atom. The minimum atomic E-state index is 0.253. The molecule has 0 radical (unpaired) electrons. The molecule has 0 aromatic rings. The molecule has 5 heteroatoms. The highest BCUT2D eigenvalue weighted by molar-refractivity contribution is 5.78. The number of piperidine rings is 1. The van der Waals surface area contributed by atoms with Crippen LogP contribution < -0.4 is 5.73 Å². The SMILES string of the molecule is COCCN(CCCN)CC(=O)N1CCCCC1. The highest BCUT2D eigenvalue weighted by Crippen LogP contribution is 2.09. The van der Waals surface area contributed by atoms with Crippen molar-refractivity contribution in [3.63, 3.8) is 0 Å². The topological polar surface area (TPSA) is 58.8 Å². The second-order valence-corrected chi connectivity index (χ2v) is 4.85. The van der Waals surface area contributed by atoms with Crippen molar-refractivity contribution in [1.29, 1.82) is 0 Å². The Hall–Kier alpha value is -0.650. The van der Waals surface area contributed by atoms with E-state index >= 15 is 0 Å². The minimum absolute atomic E-state index is 0.253. The number of nitrogens with zero attached hydrogens (tertiary/aromatic N) is 2. The van der Waals surface area contributed by atoms with Gasteiger partial charge in [0, 0.05) is 26.7 Å². The van der Waals surface area contributed by atoms with Gasteiger partial charge in [0.15, 0.2) is 0 Å². The van der Waals surface area contributed by atoms with Gasteiger partial charge in [0.2, 0.25) is 5.91 Å². The average molecular weight is 257 g/mol. The number of ether oxygens (including phenoxy) is 1. The molecule has 2 N–H and O–H groups in total. The molecule has 1 saturated heterocycles. The molecule has 0 aromatic carbocycles. The molecule has 1 amide bonds. The molecule has 0 aliphatic carbocycles. The second kappa shape index (κ2) is 9.30. The number of nitrogens with two attached hydrogens (primary N) is 1. The number of methoxy groups -OCH3 is 1. The Balaban J connectivity index is 2.34. The third kappa shape index (κ3) is 5.80. The van der Waals surface area contributed by atoms with E-state index in [9.17, 15) is 4.79 Å². The van der Waals surface area contributed by atoms with Gasteiger partial charge in [-0.05, 0) is 38.8 Å². The molecule has 1 fully saturated rings. The molecule has 0 atom stereocenters. The fraction of sp³-hybridized carbons (Fsp3) is 0.923. The number of hydrogen-bond donors (Lipinski definition) is 1. The fourth-order valence-corrected chi connectivity index (χ4v) is 2.24. The first kappa shape index (κ1) is 15.4. The van der Waals surface area contributed by atoms with Crippen LogP contribution in [0.4, 0.5) is 0 Å². The quantitative estimate of drug-likeness (QED) is 0.679. The summed E-state index contributed by atoms with van der Waals surface area (Å²) in [4.78, 5) is 16.3. The number of carbonyl (C=O) groups excluding carboxylic acids is 1. The fourth-order valence-electron chi connectivity index (χ4n) is 2.24. The monoisotopic (exact) mass is 257 g/mol. The van der Waals surface area contributed by atoms with Crippen molar-refractivity contribution < 1.29 is 9.53 Å². The number of rotatable bonds is 8. The summed E-state index contributed by atoms with van der Waals surface area (Å²) in [6.07, 6.45) is 4.47. The Morgan fingerprint density at radius 3 is 2.61 bits per heavy atom. The summed E-state index contributed by atoms with van der Waals surface area (Å²) in [7, 11) is 1.69. The van der Waals surface area contributed by atoms with E-state index in [0.717, 1.165) is 45.4 Å². The van der Waals surface area contributed by atoms with Crippen LogP contribution in [0.1, 0.15) is 25.7 Å². The molecule has 0 unspecified atom stereocenters. The van der Waals surface area contributed by atoms with Crippen LogP contribution in [0.5, 0.6) is 0 Å². The predicted molar refractivity (Wildman–Crippen MR) is 72.4 cm³/mol. The Morgan fingerprint density at radius 1 is 1.28 bits per heavy atom. The zero-order valence-corrected chi connectivity index (χ0v) is 11.6. The third-order valence-corrected chi connectivity index (χ3v) is 3.36. The van der Waals surface area contributed by atoms with Gasteiger partial charge in [-0.15, -0.1) is 0 Å². The standard InChI is InChI=1S/C13H27N3O2/c1-18-11-10-15(7-5-6-14)12-13(17)16-8-3-2-4-9-16/h2-12,14H2,1H3. The highest BCUT2D eigenvalue weighted by Gasteiger charge is 2.18. The summed E-state index contributed by atoms with van der Waals surface area (Å²) in [5.41, 5.74) is 5.53. The van der Waals surface area contributed by atoms with Gasteiger partial charge in [0.25, 0.3) is 0 Å². The van der Waals surface area contributed by atoms with E-state index < -0.39 is 0 Å². The van der Waals surface area contributed by atoms with Gasteiger partial charge >= 0.3 is 0 Å². The van der Waals surface area contributed by atoms with Crippen molar-refractivity contribution in [2.75, 3.05) is 53.0 Å². The van der Waals surface area contributed by atoms with Crippen LogP contribution in [0, 0.1) is 0 Å². The van der Waals surface area contributed by atoms with E-state index in [2.05, 4.69) is 4.90 Å². The van der Waals surface area contributed by atoms with Gasteiger partial charge in [0.05, 0.1) is 13.2 Å². The van der Waals surface area contributed by atoms with Crippen LogP contribution in [0.25, 0.3) is 0 Å². The number of carbonyl (C=O) groups is 1. The van der Waals surface area contributed by atoms with E-state index in [4.69, 9.17) is 10.5 Å². The van der Waals surface area contributed by atoms with E-state index in [1.807, 2.05) is 4.90 Å². The molecule has 1 aliphatic heterocycles. The van der Waals surface area contributed by atoms with E-state index in [-0.39, 0.29) is 5.91 Å². The number of hydrogen-bond acceptors (Lipinski definition) is 4. The van der Waals surface area contributed by atoms with Crippen molar-refractivity contribution in [3.05, 3.63) is 0 Å². The van der Waals surface area contributed by atoms with Crippen molar-refractivity contribution in [1.82, 2.24) is 9.80 Å². The Kier molecular flexibility index (Phi) is 7.96. The molecule has 1 heterocycles. The van der Waals surface area contributed by atoms with E-state index in [0.29, 0.717) is 19.7 Å². The van der Waals surface area contributed by atoms with E-state index in [1.165, 1.54) is 6.42 Å². The lowest BCUT2D eigenvalue weighted by molar-refractivity contribution is -0.133. The second-order valence-electron chi connectivity index (χ2n) is 4.85. The molecule has 1 rings (SSSR count). The summed E-state index contributed by atoms with van der Waals surface area (Å²) in [5, 5.41) is 0. The maximum absolute atomic E-state index is 12.1. The lowest BCUT2D eigenvalue weighted by Gasteiger charge is -2.30. The molecule has 1 aliphatic rings. The van der Waals surface area contributed by atoms with Gasteiger partial charge in [-0.3, -0.25) is 9.69 Å². The van der Waals surface area contributed by atoms with Crippen LogP contribution in [0.15, 0.2) is 0 Å². The summed E-state index contributed by atoms with van der Waals surface area (Å²) >= 11 is 0. The first-order valence-electron chi connectivity index (χ1n) is 6.97. The largest absolute Gasteiger partial charge is 0.383 e. The van der Waals surface area contributed by atoms with Crippen molar-refractivity contribution in [2.24, 2.45) is 5.73 Å². The predicted octanol–water partition coefficient (Wildman–Crippen LogP) is 0.296. The molecule has 5 nitrogen and oxygen atoms in total. The zero-order chi connectivity index (χ0) is 13.2. The van der Waals surface area contributed by atoms with Crippen molar-refractivity contribution >= 4 is 5.91 Å². The third-order valence-electron chi connectivity index (χ3n) is 3.36. The van der Waals surface area contributed by atoms with Gasteiger partial charge in [-0.25, -0.2) is 0 Å². The molecule has 0 spiro atoms. The van der Waals surface area contributed by atoms with Gasteiger partial charge < -0.3 is 15.4 Å². The van der Waals surface area contributed by atoms with Crippen LogP contribution in [0.3, 0.4) is 0 Å². The average Bonchev–Trinajstić information content (AvgIpc) is 2.42. The highest BCUT2D eigenvalue weighted by atomic mass is 16.5. The summed E-state index contributed by atoms with van der Waals surface area (Å²) in [5.74, 6) is 0.253. The van der Waals surface area contributed by atoms with Gasteiger partial charge in [-0.1, -0.05) is 0 Å². The van der Waals surface area contributed by atoms with E-state index in [1.54, 1.807) is 7.11 Å². The summed E-state index contributed by atoms with van der Waals surface area (Å²) in [6.45, 7) is 5.36. The zero-order valence-electron chi connectivity index (χ0n) is 11.6. The van der Waals surface area contributed by atoms with Crippen LogP contribution in [-0.4, -0.2) is 68.7 Å². The molecule has 0 aromatic heterocycles. The first-order valence-corrected chi connectivity index (χ1v) is 6.97. The van der Waals surface area contributed by atoms with Crippen molar-refractivity contribution in [3.8, 4) is 0 Å². The van der Waals surface area contributed by atoms with Crippen LogP contribution >= 0.6 is 0 Å². The van der Waals surface area contributed by atoms with Crippen LogP contribution in [0.2, 0.25) is 0 Å². The van der Waals surface area contributed by atoms with Gasteiger partial charge in [0.1, 0.15) is 0 Å². The molecule has 106 valence electrons. The molecular weight excluding hydrogens is 230 g/mol. The van der Waals surface area contributed by atoms with Gasteiger partial charge in [-0.2, -0.15) is 0 Å². The number of amides is 1. The van der Waals surface area contributed by atoms with Crippen molar-refractivity contribution in [2.45, 2.75) is 25.7 Å². The number of likely N-dealkylation sites (tertiary alicyclic amines) is 1. The summed E-state index contributed by atoms with van der Waals surface area (Å²) in [6, 6.07) is 0.